The zero-order chi connectivity index (χ0) is 34.1. The van der Waals surface area contributed by atoms with E-state index in [1.165, 1.54) is 32.9 Å². The number of rotatable bonds is 15. The van der Waals surface area contributed by atoms with Crippen LogP contribution in [0.3, 0.4) is 0 Å². The number of carboxylic acids is 3. The van der Waals surface area contributed by atoms with Crippen molar-refractivity contribution < 1.29 is 94.2 Å². The summed E-state index contributed by atoms with van der Waals surface area (Å²) >= 11 is 0. The molecule has 1 aromatic carbocycles. The van der Waals surface area contributed by atoms with E-state index in [-0.39, 0.29) is 142 Å². The predicted molar refractivity (Wildman–Crippen MR) is 155 cm³/mol. The average molecular weight is 808 g/mol. The topological polar surface area (TPSA) is 261 Å². The number of nitrogens with one attached hydrogen (secondary N) is 3. The summed E-state index contributed by atoms with van der Waals surface area (Å²) in [5.74, 6) is -5.79. The van der Waals surface area contributed by atoms with Crippen LogP contribution < -0.4 is 31.3 Å². The first-order chi connectivity index (χ1) is 21.9. The molecule has 0 saturated carbocycles. The molecule has 19 heteroatoms. The van der Waals surface area contributed by atoms with Gasteiger partial charge in [0.2, 0.25) is 5.91 Å². The van der Waals surface area contributed by atoms with E-state index in [2.05, 4.69) is 16.0 Å². The van der Waals surface area contributed by atoms with Gasteiger partial charge < -0.3 is 55.9 Å². The SMILES string of the molecule is O=C([O-])CN1CCN(CC(=O)[O-])CCN(CC(=O)Nc2cc(C(=O)NCCO)cc(C(=O)NCCO)c2)CCN(CC(=O)[O-])CC1.[Gd+3]. The van der Waals surface area contributed by atoms with E-state index >= 15 is 0 Å². The Kier molecular flexibility index (Phi) is 20.3. The van der Waals surface area contributed by atoms with E-state index < -0.39 is 55.3 Å². The van der Waals surface area contributed by atoms with E-state index in [4.69, 9.17) is 10.2 Å². The van der Waals surface area contributed by atoms with Gasteiger partial charge in [0.15, 0.2) is 0 Å². The number of amides is 3. The van der Waals surface area contributed by atoms with Crippen LogP contribution in [-0.4, -0.2) is 170 Å². The molecule has 0 bridgehead atoms. The smallest absolute Gasteiger partial charge is 0.549 e. The molecule has 0 aromatic heterocycles. The molecule has 0 atom stereocenters. The Hall–Kier alpha value is -2.88. The summed E-state index contributed by atoms with van der Waals surface area (Å²) in [5.41, 5.74) is 0.154. The van der Waals surface area contributed by atoms with Crippen molar-refractivity contribution in [2.24, 2.45) is 0 Å². The third-order valence-corrected chi connectivity index (χ3v) is 6.89. The molecule has 3 amide bonds. The summed E-state index contributed by atoms with van der Waals surface area (Å²) in [6, 6.07) is 3.97. The Morgan fingerprint density at radius 2 is 0.894 bits per heavy atom. The van der Waals surface area contributed by atoms with E-state index in [1.807, 2.05) is 0 Å². The molecule has 18 nitrogen and oxygen atoms in total. The van der Waals surface area contributed by atoms with Gasteiger partial charge in [-0.15, -0.1) is 0 Å². The first kappa shape index (κ1) is 42.1. The monoisotopic (exact) mass is 808 g/mol. The number of aliphatic hydroxyl groups excluding tert-OH is 2. The van der Waals surface area contributed by atoms with Gasteiger partial charge in [-0.05, 0) is 18.2 Å². The average Bonchev–Trinajstić information content (AvgIpc) is 2.98. The van der Waals surface area contributed by atoms with Crippen LogP contribution in [0.25, 0.3) is 0 Å². The Labute approximate surface area is 303 Å². The molecule has 1 aliphatic heterocycles. The van der Waals surface area contributed by atoms with Crippen molar-refractivity contribution in [3.63, 3.8) is 0 Å². The van der Waals surface area contributed by atoms with E-state index in [0.29, 0.717) is 0 Å². The number of aliphatic carboxylic acids is 3. The van der Waals surface area contributed by atoms with Crippen LogP contribution in [0.4, 0.5) is 5.69 Å². The Bertz CT molecular complexity index is 1150. The summed E-state index contributed by atoms with van der Waals surface area (Å²) < 4.78 is 0. The molecule has 0 aliphatic carbocycles. The number of benzene rings is 1. The Morgan fingerprint density at radius 3 is 1.19 bits per heavy atom. The van der Waals surface area contributed by atoms with Crippen LogP contribution in [0.2, 0.25) is 0 Å². The first-order valence-electron chi connectivity index (χ1n) is 14.6. The van der Waals surface area contributed by atoms with Gasteiger partial charge in [-0.1, -0.05) is 0 Å². The minimum absolute atomic E-state index is 0. The van der Waals surface area contributed by atoms with Crippen molar-refractivity contribution >= 4 is 41.3 Å². The Balaban J connectivity index is 0.0000110. The van der Waals surface area contributed by atoms with Crippen molar-refractivity contribution in [1.29, 1.82) is 0 Å². The number of nitrogens with zero attached hydrogens (tertiary/aromatic N) is 4. The second-order valence-corrected chi connectivity index (χ2v) is 10.5. The zero-order valence-corrected chi connectivity index (χ0v) is 28.0. The number of carbonyl (C=O) groups excluding carboxylic acids is 6. The van der Waals surface area contributed by atoms with E-state index in [1.54, 1.807) is 4.90 Å². The molecule has 1 saturated heterocycles. The van der Waals surface area contributed by atoms with Gasteiger partial charge in [-0.3, -0.25) is 34.0 Å². The fourth-order valence-electron chi connectivity index (χ4n) is 4.67. The van der Waals surface area contributed by atoms with Crippen LogP contribution in [0.15, 0.2) is 18.2 Å². The van der Waals surface area contributed by atoms with Gasteiger partial charge in [0.25, 0.3) is 11.8 Å². The number of carbonyl (C=O) groups is 6. The minimum Gasteiger partial charge on any atom is -0.549 e. The maximum Gasteiger partial charge on any atom is 3.00 e. The van der Waals surface area contributed by atoms with Gasteiger partial charge in [-0.25, -0.2) is 0 Å². The third kappa shape index (κ3) is 17.2. The van der Waals surface area contributed by atoms with Crippen LogP contribution in [0.5, 0.6) is 0 Å². The van der Waals surface area contributed by atoms with Gasteiger partial charge in [-0.2, -0.15) is 0 Å². The molecule has 1 radical (unpaired) electrons. The molecule has 0 unspecified atom stereocenters. The molecule has 1 aromatic rings. The maximum absolute atomic E-state index is 13.2. The van der Waals surface area contributed by atoms with E-state index in [0.717, 1.165) is 0 Å². The van der Waals surface area contributed by atoms with Gasteiger partial charge in [0.05, 0.1) is 37.7 Å². The summed E-state index contributed by atoms with van der Waals surface area (Å²) in [4.78, 5) is 78.6. The fraction of sp³-hybridized carbons (Fsp3) is 0.571. The van der Waals surface area contributed by atoms with Crippen LogP contribution in [-0.2, 0) is 19.2 Å². The molecule has 0 spiro atoms. The number of aliphatic hydroxyl groups is 2. The molecular weight excluding hydrogens is 768 g/mol. The van der Waals surface area contributed by atoms with E-state index in [9.17, 15) is 44.1 Å². The second kappa shape index (κ2) is 22.7. The fourth-order valence-corrected chi connectivity index (χ4v) is 4.67. The van der Waals surface area contributed by atoms with Gasteiger partial charge in [0, 0.05) is 102 Å². The normalized spacial score (nSPS) is 15.7. The minimum atomic E-state index is -1.34. The molecule has 1 aliphatic rings. The zero-order valence-electron chi connectivity index (χ0n) is 25.8. The van der Waals surface area contributed by atoms with Crippen LogP contribution in [0, 0.1) is 39.9 Å². The summed E-state index contributed by atoms with van der Waals surface area (Å²) in [7, 11) is 0. The molecule has 261 valence electrons. The van der Waals surface area contributed by atoms with Crippen molar-refractivity contribution in [1.82, 2.24) is 30.2 Å². The van der Waals surface area contributed by atoms with Crippen molar-refractivity contribution in [2.45, 2.75) is 0 Å². The molecular formula is C28H40GdN7O11. The maximum atomic E-state index is 13.2. The van der Waals surface area contributed by atoms with Crippen molar-refractivity contribution in [2.75, 3.05) is 110 Å². The van der Waals surface area contributed by atoms with Gasteiger partial charge >= 0.3 is 39.9 Å². The number of carboxylic acid groups (broad SMARTS) is 3. The largest absolute Gasteiger partial charge is 3.00 e. The van der Waals surface area contributed by atoms with Crippen molar-refractivity contribution in [3.8, 4) is 0 Å². The number of anilines is 1. The quantitative estimate of drug-likeness (QED) is 0.110. The van der Waals surface area contributed by atoms with Crippen molar-refractivity contribution in [3.05, 3.63) is 29.3 Å². The van der Waals surface area contributed by atoms with Gasteiger partial charge in [0.1, 0.15) is 0 Å². The molecule has 47 heavy (non-hydrogen) atoms. The second-order valence-electron chi connectivity index (χ2n) is 10.5. The molecule has 1 heterocycles. The first-order valence-corrected chi connectivity index (χ1v) is 14.6. The molecule has 5 N–H and O–H groups in total. The number of hydrogen-bond acceptors (Lipinski definition) is 15. The third-order valence-electron chi connectivity index (χ3n) is 6.89. The Morgan fingerprint density at radius 1 is 0.574 bits per heavy atom. The molecule has 1 fully saturated rings. The summed E-state index contributed by atoms with van der Waals surface area (Å²) in [5, 5.41) is 59.6. The standard InChI is InChI=1S/C28H43N7O11.Gd/c36-11-1-29-27(45)20-13-21(28(46)30-2-12-37)15-22(14-20)31-23(38)16-32-3-5-33(17-24(39)40)7-9-35(19-26(43)44)10-8-34(6-4-32)18-25(41)42;/h13-15,36-37H,1-12,16-19H2,(H,29,45)(H,30,46)(H,31,38)(H,39,40)(H,41,42)(H,43,44);/q;+3/p-3. The molecule has 2 rings (SSSR count). The summed E-state index contributed by atoms with van der Waals surface area (Å²) in [6.45, 7) is -1.06. The predicted octanol–water partition coefficient (Wildman–Crippen LogP) is -7.46. The van der Waals surface area contributed by atoms with Crippen LogP contribution in [0.1, 0.15) is 20.7 Å². The summed E-state index contributed by atoms with van der Waals surface area (Å²) in [6.07, 6.45) is 0. The number of hydrogen-bond donors (Lipinski definition) is 5. The van der Waals surface area contributed by atoms with Crippen LogP contribution >= 0.6 is 0 Å².